The van der Waals surface area contributed by atoms with E-state index in [1.165, 1.54) is 60.1 Å². The molecular formula is C29H20. The van der Waals surface area contributed by atoms with Gasteiger partial charge in [0, 0.05) is 0 Å². The predicted octanol–water partition coefficient (Wildman–Crippen LogP) is 8.23. The number of hydrogen-bond donors (Lipinski definition) is 0. The van der Waals surface area contributed by atoms with E-state index in [1.54, 1.807) is 0 Å². The summed E-state index contributed by atoms with van der Waals surface area (Å²) in [4.78, 5) is 0. The van der Waals surface area contributed by atoms with Gasteiger partial charge in [-0.25, -0.2) is 0 Å². The molecule has 0 aliphatic carbocycles. The molecule has 0 aliphatic heterocycles. The molecule has 0 N–H and O–H groups in total. The van der Waals surface area contributed by atoms with Gasteiger partial charge >= 0.3 is 0 Å². The van der Waals surface area contributed by atoms with Gasteiger partial charge in [-0.2, -0.15) is 0 Å². The summed E-state index contributed by atoms with van der Waals surface area (Å²) < 4.78 is 0. The predicted molar refractivity (Wildman–Crippen MR) is 126 cm³/mol. The lowest BCUT2D eigenvalue weighted by molar-refractivity contribution is 1.47. The van der Waals surface area contributed by atoms with E-state index in [1.807, 2.05) is 0 Å². The van der Waals surface area contributed by atoms with Gasteiger partial charge in [-0.15, -0.1) is 0 Å². The second kappa shape index (κ2) is 6.18. The Labute approximate surface area is 170 Å². The molecular weight excluding hydrogens is 348 g/mol. The third-order valence-electron chi connectivity index (χ3n) is 6.11. The fourth-order valence-electron chi connectivity index (χ4n) is 4.66. The van der Waals surface area contributed by atoms with Crippen molar-refractivity contribution in [1.29, 1.82) is 0 Å². The number of rotatable bonds is 2. The molecule has 0 aromatic heterocycles. The lowest BCUT2D eigenvalue weighted by Crippen LogP contribution is -1.89. The van der Waals surface area contributed by atoms with Gasteiger partial charge in [-0.3, -0.25) is 0 Å². The monoisotopic (exact) mass is 368 g/mol. The van der Waals surface area contributed by atoms with Crippen LogP contribution in [0.4, 0.5) is 0 Å². The number of hydrogen-bond acceptors (Lipinski definition) is 0. The van der Waals surface area contributed by atoms with Gasteiger partial charge in [0.1, 0.15) is 0 Å². The first-order valence-corrected chi connectivity index (χ1v) is 10.1. The van der Waals surface area contributed by atoms with Crippen molar-refractivity contribution in [3.63, 3.8) is 0 Å². The van der Waals surface area contributed by atoms with Gasteiger partial charge in [0.2, 0.25) is 0 Å². The summed E-state index contributed by atoms with van der Waals surface area (Å²) in [7, 11) is 0. The summed E-state index contributed by atoms with van der Waals surface area (Å²) in [6, 6.07) is 37.8. The molecule has 0 bridgehead atoms. The molecule has 0 radical (unpaired) electrons. The Hall–Kier alpha value is -3.64. The normalized spacial score (nSPS) is 11.6. The Morgan fingerprint density at radius 1 is 0.414 bits per heavy atom. The second-order valence-electron chi connectivity index (χ2n) is 7.88. The molecule has 0 saturated heterocycles. The van der Waals surface area contributed by atoms with Crippen molar-refractivity contribution >= 4 is 32.3 Å². The van der Waals surface area contributed by atoms with Crippen LogP contribution in [0.5, 0.6) is 0 Å². The van der Waals surface area contributed by atoms with E-state index in [4.69, 9.17) is 0 Å². The molecule has 0 saturated carbocycles. The minimum atomic E-state index is 1.27. The van der Waals surface area contributed by atoms with Crippen molar-refractivity contribution < 1.29 is 0 Å². The van der Waals surface area contributed by atoms with Gasteiger partial charge in [0.15, 0.2) is 0 Å². The van der Waals surface area contributed by atoms with Crippen LogP contribution in [0.3, 0.4) is 0 Å². The Balaban J connectivity index is 1.73. The SMILES string of the molecule is Cc1ccc(-c2ccc3ccc4c(-c5ccccc5)ccc5ccc2c3c54)cc1. The first kappa shape index (κ1) is 16.3. The third kappa shape index (κ3) is 2.46. The zero-order valence-electron chi connectivity index (χ0n) is 16.3. The molecule has 0 heteroatoms. The maximum atomic E-state index is 2.29. The van der Waals surface area contributed by atoms with Crippen LogP contribution in [-0.2, 0) is 0 Å². The minimum absolute atomic E-state index is 1.27. The van der Waals surface area contributed by atoms with Crippen LogP contribution in [0, 0.1) is 6.92 Å². The number of benzene rings is 6. The Morgan fingerprint density at radius 2 is 0.897 bits per heavy atom. The van der Waals surface area contributed by atoms with Crippen LogP contribution >= 0.6 is 0 Å². The standard InChI is InChI=1S/C29H20/c1-19-7-9-21(10-8-19)25-16-12-23-13-17-26-24(20-5-3-2-4-6-20)15-11-22-14-18-27(25)29(23)28(22)26/h2-18H,1H3. The molecule has 6 rings (SSSR count). The van der Waals surface area contributed by atoms with E-state index in [-0.39, 0.29) is 0 Å². The second-order valence-corrected chi connectivity index (χ2v) is 7.88. The quantitative estimate of drug-likeness (QED) is 0.270. The Kier molecular flexibility index (Phi) is 3.48. The van der Waals surface area contributed by atoms with Crippen LogP contribution in [0.25, 0.3) is 54.6 Å². The molecule has 0 amide bonds. The molecule has 0 unspecified atom stereocenters. The van der Waals surface area contributed by atoms with Gasteiger partial charge in [-0.1, -0.05) is 109 Å². The topological polar surface area (TPSA) is 0 Å². The molecule has 0 aliphatic rings. The summed E-state index contributed by atoms with van der Waals surface area (Å²) in [6.07, 6.45) is 0. The molecule has 0 spiro atoms. The Bertz CT molecular complexity index is 1470. The average Bonchev–Trinajstić information content (AvgIpc) is 2.78. The molecule has 6 aromatic rings. The molecule has 136 valence electrons. The van der Waals surface area contributed by atoms with Crippen molar-refractivity contribution in [2.24, 2.45) is 0 Å². The first-order valence-electron chi connectivity index (χ1n) is 10.1. The zero-order chi connectivity index (χ0) is 19.4. The van der Waals surface area contributed by atoms with Crippen molar-refractivity contribution in [1.82, 2.24) is 0 Å². The summed E-state index contributed by atoms with van der Waals surface area (Å²) in [5, 5.41) is 8.01. The van der Waals surface area contributed by atoms with E-state index in [2.05, 4.69) is 110 Å². The molecule has 0 atom stereocenters. The van der Waals surface area contributed by atoms with Crippen LogP contribution in [-0.4, -0.2) is 0 Å². The molecule has 0 heterocycles. The molecule has 29 heavy (non-hydrogen) atoms. The zero-order valence-corrected chi connectivity index (χ0v) is 16.3. The third-order valence-corrected chi connectivity index (χ3v) is 6.11. The summed E-state index contributed by atoms with van der Waals surface area (Å²) in [6.45, 7) is 2.14. The van der Waals surface area contributed by atoms with Crippen molar-refractivity contribution in [2.45, 2.75) is 6.92 Å². The van der Waals surface area contributed by atoms with Gasteiger partial charge in [0.25, 0.3) is 0 Å². The fraction of sp³-hybridized carbons (Fsp3) is 0.0345. The van der Waals surface area contributed by atoms with E-state index in [0.717, 1.165) is 0 Å². The highest BCUT2D eigenvalue weighted by molar-refractivity contribution is 6.27. The van der Waals surface area contributed by atoms with Crippen molar-refractivity contribution in [3.8, 4) is 22.3 Å². The van der Waals surface area contributed by atoms with Crippen LogP contribution in [0.2, 0.25) is 0 Å². The first-order chi connectivity index (χ1) is 14.3. The fourth-order valence-corrected chi connectivity index (χ4v) is 4.66. The van der Waals surface area contributed by atoms with Gasteiger partial charge in [0.05, 0.1) is 0 Å². The van der Waals surface area contributed by atoms with Crippen molar-refractivity contribution in [3.05, 3.63) is 109 Å². The molecule has 0 fully saturated rings. The smallest absolute Gasteiger partial charge is 0.00203 e. The van der Waals surface area contributed by atoms with Crippen molar-refractivity contribution in [2.75, 3.05) is 0 Å². The van der Waals surface area contributed by atoms with Gasteiger partial charge in [-0.05, 0) is 61.5 Å². The average molecular weight is 368 g/mol. The van der Waals surface area contributed by atoms with Gasteiger partial charge < -0.3 is 0 Å². The van der Waals surface area contributed by atoms with Crippen LogP contribution < -0.4 is 0 Å². The molecule has 0 nitrogen and oxygen atoms in total. The van der Waals surface area contributed by atoms with E-state index < -0.39 is 0 Å². The Morgan fingerprint density at radius 3 is 1.45 bits per heavy atom. The maximum Gasteiger partial charge on any atom is -0.00203 e. The van der Waals surface area contributed by atoms with Crippen LogP contribution in [0.1, 0.15) is 5.56 Å². The summed E-state index contributed by atoms with van der Waals surface area (Å²) in [5.74, 6) is 0. The summed E-state index contributed by atoms with van der Waals surface area (Å²) in [5.41, 5.74) is 6.44. The highest BCUT2D eigenvalue weighted by atomic mass is 14.2. The summed E-state index contributed by atoms with van der Waals surface area (Å²) >= 11 is 0. The number of aryl methyl sites for hydroxylation is 1. The lowest BCUT2D eigenvalue weighted by Gasteiger charge is -2.16. The largest absolute Gasteiger partial charge is 0.0622 e. The maximum absolute atomic E-state index is 2.29. The lowest BCUT2D eigenvalue weighted by atomic mass is 9.87. The van der Waals surface area contributed by atoms with E-state index in [9.17, 15) is 0 Å². The highest BCUT2D eigenvalue weighted by Gasteiger charge is 2.14. The van der Waals surface area contributed by atoms with E-state index in [0.29, 0.717) is 0 Å². The van der Waals surface area contributed by atoms with E-state index >= 15 is 0 Å². The van der Waals surface area contributed by atoms with Crippen LogP contribution in [0.15, 0.2) is 103 Å². The minimum Gasteiger partial charge on any atom is -0.0622 e. The highest BCUT2D eigenvalue weighted by Crippen LogP contribution is 2.42. The molecule has 6 aromatic carbocycles.